The Bertz CT molecular complexity index is 727. The zero-order valence-corrected chi connectivity index (χ0v) is 16.4. The quantitative estimate of drug-likeness (QED) is 0.724. The first-order chi connectivity index (χ1) is 11.6. The molecule has 0 atom stereocenters. The minimum Gasteiger partial charge on any atom is -1.00 e. The Labute approximate surface area is 160 Å². The smallest absolute Gasteiger partial charge is 0.224 e. The highest BCUT2D eigenvalue weighted by molar-refractivity contribution is 6.02. The lowest BCUT2D eigenvalue weighted by Gasteiger charge is -2.37. The van der Waals surface area contributed by atoms with Gasteiger partial charge in [-0.25, -0.2) is 0 Å². The minimum atomic E-state index is 0. The van der Waals surface area contributed by atoms with E-state index < -0.39 is 0 Å². The Morgan fingerprint density at radius 3 is 2.68 bits per heavy atom. The van der Waals surface area contributed by atoms with Crippen molar-refractivity contribution in [2.24, 2.45) is 0 Å². The number of quaternary nitrogens is 1. The van der Waals surface area contributed by atoms with E-state index in [-0.39, 0.29) is 28.6 Å². The Kier molecular flexibility index (Phi) is 6.85. The molecule has 0 aliphatic carbocycles. The maximum absolute atomic E-state index is 12.3. The molecular formula is C20H27BrN2O2. The molecule has 25 heavy (non-hydrogen) atoms. The van der Waals surface area contributed by atoms with E-state index in [0.717, 1.165) is 33.9 Å². The summed E-state index contributed by atoms with van der Waals surface area (Å²) in [7, 11) is 2.31. The molecule has 1 heterocycles. The van der Waals surface area contributed by atoms with Crippen LogP contribution in [0.2, 0.25) is 0 Å². The molecule has 1 aliphatic rings. The molecule has 3 rings (SSSR count). The first-order valence-electron chi connectivity index (χ1n) is 8.91. The lowest BCUT2D eigenvalue weighted by atomic mass is 10.1. The van der Waals surface area contributed by atoms with Gasteiger partial charge in [-0.1, -0.05) is 18.2 Å². The second kappa shape index (κ2) is 8.68. The highest BCUT2D eigenvalue weighted by Crippen LogP contribution is 2.27. The summed E-state index contributed by atoms with van der Waals surface area (Å²) in [5.41, 5.74) is 0.770. The van der Waals surface area contributed by atoms with Crippen LogP contribution in [0.25, 0.3) is 10.8 Å². The maximum atomic E-state index is 12.3. The molecule has 5 heteroatoms. The van der Waals surface area contributed by atoms with Gasteiger partial charge in [0.1, 0.15) is 5.75 Å². The first kappa shape index (κ1) is 19.7. The van der Waals surface area contributed by atoms with Crippen LogP contribution >= 0.6 is 0 Å². The fourth-order valence-corrected chi connectivity index (χ4v) is 3.70. The molecule has 0 spiro atoms. The first-order valence-corrected chi connectivity index (χ1v) is 8.91. The third kappa shape index (κ3) is 5.19. The zero-order valence-electron chi connectivity index (χ0n) is 14.8. The van der Waals surface area contributed by atoms with E-state index in [0.29, 0.717) is 6.42 Å². The van der Waals surface area contributed by atoms with E-state index in [4.69, 9.17) is 0 Å². The van der Waals surface area contributed by atoms with Crippen LogP contribution in [0.3, 0.4) is 0 Å². The van der Waals surface area contributed by atoms with E-state index >= 15 is 0 Å². The van der Waals surface area contributed by atoms with Crippen molar-refractivity contribution in [3.05, 3.63) is 36.4 Å². The predicted molar refractivity (Wildman–Crippen MR) is 98.1 cm³/mol. The highest BCUT2D eigenvalue weighted by atomic mass is 79.9. The lowest BCUT2D eigenvalue weighted by Crippen LogP contribution is -3.00. The monoisotopic (exact) mass is 406 g/mol. The van der Waals surface area contributed by atoms with Crippen LogP contribution in [0, 0.1) is 0 Å². The van der Waals surface area contributed by atoms with Gasteiger partial charge < -0.3 is 31.9 Å². The standard InChI is InChI=1S/C20H26N2O2.BrH/c1-22(12-3-2-4-13-22)14-6-9-20(24)21-19-8-5-7-16-10-11-17(23)15-18(16)19;/h5,7-8,10-11,15H,2-4,6,9,12-14H2,1H3,(H-,21,23,24);1H. The van der Waals surface area contributed by atoms with Crippen LogP contribution < -0.4 is 22.3 Å². The van der Waals surface area contributed by atoms with Gasteiger partial charge in [-0.05, 0) is 42.8 Å². The number of fused-ring (bicyclic) bond motifs is 1. The number of phenols is 1. The number of carbonyl (C=O) groups excluding carboxylic acids is 1. The fourth-order valence-electron chi connectivity index (χ4n) is 3.70. The highest BCUT2D eigenvalue weighted by Gasteiger charge is 2.24. The maximum Gasteiger partial charge on any atom is 0.224 e. The van der Waals surface area contributed by atoms with Crippen LogP contribution in [-0.2, 0) is 4.79 Å². The van der Waals surface area contributed by atoms with E-state index in [1.54, 1.807) is 12.1 Å². The fraction of sp³-hybridized carbons (Fsp3) is 0.450. The number of nitrogens with one attached hydrogen (secondary N) is 1. The summed E-state index contributed by atoms with van der Waals surface area (Å²) < 4.78 is 1.11. The van der Waals surface area contributed by atoms with Gasteiger partial charge in [-0.2, -0.15) is 0 Å². The van der Waals surface area contributed by atoms with Gasteiger partial charge in [0.2, 0.25) is 5.91 Å². The van der Waals surface area contributed by atoms with Crippen molar-refractivity contribution in [1.82, 2.24) is 0 Å². The summed E-state index contributed by atoms with van der Waals surface area (Å²) in [4.78, 5) is 12.3. The van der Waals surface area contributed by atoms with Gasteiger partial charge >= 0.3 is 0 Å². The lowest BCUT2D eigenvalue weighted by molar-refractivity contribution is -0.914. The second-order valence-corrected chi connectivity index (χ2v) is 7.21. The van der Waals surface area contributed by atoms with Gasteiger partial charge in [0.05, 0.1) is 26.7 Å². The summed E-state index contributed by atoms with van der Waals surface area (Å²) in [6.07, 6.45) is 5.42. The number of nitrogens with zero attached hydrogens (tertiary/aromatic N) is 1. The molecule has 1 aliphatic heterocycles. The number of aromatic hydroxyl groups is 1. The number of benzene rings is 2. The van der Waals surface area contributed by atoms with Gasteiger partial charge in [0.15, 0.2) is 0 Å². The average Bonchev–Trinajstić information content (AvgIpc) is 2.56. The van der Waals surface area contributed by atoms with Crippen LogP contribution in [-0.4, -0.2) is 42.2 Å². The number of amides is 1. The molecule has 1 amide bonds. The largest absolute Gasteiger partial charge is 1.00 e. The molecule has 1 fully saturated rings. The number of hydrogen-bond acceptors (Lipinski definition) is 2. The zero-order chi connectivity index (χ0) is 17.0. The molecule has 4 nitrogen and oxygen atoms in total. The number of rotatable bonds is 5. The number of piperidine rings is 1. The van der Waals surface area contributed by atoms with Crippen molar-refractivity contribution >= 4 is 22.4 Å². The molecule has 0 aromatic heterocycles. The number of carbonyl (C=O) groups is 1. The second-order valence-electron chi connectivity index (χ2n) is 7.21. The summed E-state index contributed by atoms with van der Waals surface area (Å²) in [5, 5.41) is 14.6. The molecule has 136 valence electrons. The van der Waals surface area contributed by atoms with Crippen LogP contribution in [0.4, 0.5) is 5.69 Å². The Morgan fingerprint density at radius 1 is 1.16 bits per heavy atom. The Balaban J connectivity index is 0.00000225. The van der Waals surface area contributed by atoms with Crippen molar-refractivity contribution in [1.29, 1.82) is 0 Å². The van der Waals surface area contributed by atoms with Crippen LogP contribution in [0.5, 0.6) is 5.75 Å². The number of likely N-dealkylation sites (tertiary alicyclic amines) is 1. The molecule has 2 aromatic carbocycles. The Morgan fingerprint density at radius 2 is 1.92 bits per heavy atom. The van der Waals surface area contributed by atoms with Crippen molar-refractivity contribution in [3.8, 4) is 5.75 Å². The molecule has 1 saturated heterocycles. The normalized spacial score (nSPS) is 16.2. The van der Waals surface area contributed by atoms with E-state index in [1.807, 2.05) is 24.3 Å². The molecule has 2 N–H and O–H groups in total. The summed E-state index contributed by atoms with van der Waals surface area (Å²) in [6.45, 7) is 3.55. The SMILES string of the molecule is C[N+]1(CCCC(=O)Nc2cccc3ccc(O)cc23)CCCCC1.[Br-]. The van der Waals surface area contributed by atoms with E-state index in [9.17, 15) is 9.90 Å². The predicted octanol–water partition coefficient (Wildman–Crippen LogP) is 0.899. The van der Waals surface area contributed by atoms with Gasteiger partial charge in [0, 0.05) is 23.9 Å². The number of hydrogen-bond donors (Lipinski definition) is 2. The number of halogens is 1. The van der Waals surface area contributed by atoms with Crippen molar-refractivity contribution in [2.75, 3.05) is 32.0 Å². The molecule has 2 aromatic rings. The van der Waals surface area contributed by atoms with E-state index in [1.165, 1.54) is 32.4 Å². The third-order valence-electron chi connectivity index (χ3n) is 5.14. The van der Waals surface area contributed by atoms with Gasteiger partial charge in [0.25, 0.3) is 0 Å². The number of anilines is 1. The third-order valence-corrected chi connectivity index (χ3v) is 5.14. The molecule has 0 saturated carbocycles. The summed E-state index contributed by atoms with van der Waals surface area (Å²) >= 11 is 0. The van der Waals surface area contributed by atoms with Crippen molar-refractivity contribution in [2.45, 2.75) is 32.1 Å². The average molecular weight is 407 g/mol. The number of phenolic OH excluding ortho intramolecular Hbond substituents is 1. The summed E-state index contributed by atoms with van der Waals surface area (Å²) in [6, 6.07) is 11.0. The molecule has 0 radical (unpaired) electrons. The van der Waals surface area contributed by atoms with Crippen molar-refractivity contribution in [3.63, 3.8) is 0 Å². The van der Waals surface area contributed by atoms with Crippen molar-refractivity contribution < 1.29 is 31.4 Å². The van der Waals surface area contributed by atoms with Gasteiger partial charge in [-0.3, -0.25) is 4.79 Å². The van der Waals surface area contributed by atoms with Crippen LogP contribution in [0.1, 0.15) is 32.1 Å². The van der Waals surface area contributed by atoms with E-state index in [2.05, 4.69) is 12.4 Å². The van der Waals surface area contributed by atoms with Crippen LogP contribution in [0.15, 0.2) is 36.4 Å². The molecular weight excluding hydrogens is 380 g/mol. The molecule has 0 bridgehead atoms. The minimum absolute atomic E-state index is 0. The Hall–Kier alpha value is -1.59. The van der Waals surface area contributed by atoms with Gasteiger partial charge in [-0.15, -0.1) is 0 Å². The topological polar surface area (TPSA) is 49.3 Å². The summed E-state index contributed by atoms with van der Waals surface area (Å²) in [5.74, 6) is 0.265. The molecule has 0 unspecified atom stereocenters.